The Morgan fingerprint density at radius 1 is 1.26 bits per heavy atom. The van der Waals surface area contributed by atoms with Crippen LogP contribution in [-0.4, -0.2) is 37.7 Å². The molecule has 0 spiro atoms. The molecular weight excluding hydrogens is 270 g/mol. The predicted molar refractivity (Wildman–Crippen MR) is 67.3 cm³/mol. The maximum absolute atomic E-state index is 11.8. The van der Waals surface area contributed by atoms with Crippen molar-refractivity contribution < 1.29 is 23.1 Å². The first-order chi connectivity index (χ1) is 8.86. The van der Waals surface area contributed by atoms with E-state index in [1.807, 2.05) is 0 Å². The van der Waals surface area contributed by atoms with Gasteiger partial charge in [-0.25, -0.2) is 13.2 Å². The van der Waals surface area contributed by atoms with Gasteiger partial charge < -0.3 is 10.4 Å². The average molecular weight is 281 g/mol. The molecule has 0 aliphatic rings. The lowest BCUT2D eigenvalue weighted by Gasteiger charge is -2.04. The minimum absolute atomic E-state index is 0.0317. The lowest BCUT2D eigenvalue weighted by Crippen LogP contribution is -2.30. The number of carbonyl (C=O) groups excluding carboxylic acids is 1. The zero-order valence-electron chi connectivity index (χ0n) is 9.79. The Hall–Kier alpha value is -2.33. The number of carboxylic acids is 1. The summed E-state index contributed by atoms with van der Waals surface area (Å²) < 4.78 is 23.7. The average Bonchev–Trinajstić information content (AvgIpc) is 2.36. The van der Waals surface area contributed by atoms with E-state index in [2.05, 4.69) is 11.2 Å². The van der Waals surface area contributed by atoms with Crippen LogP contribution in [0.2, 0.25) is 0 Å². The van der Waals surface area contributed by atoms with Crippen LogP contribution < -0.4 is 5.32 Å². The first-order valence-corrected chi connectivity index (χ1v) is 6.78. The van der Waals surface area contributed by atoms with Crippen LogP contribution in [0.4, 0.5) is 0 Å². The van der Waals surface area contributed by atoms with Crippen LogP contribution in [0.1, 0.15) is 10.4 Å². The third-order valence-electron chi connectivity index (χ3n) is 2.17. The van der Waals surface area contributed by atoms with E-state index < -0.39 is 27.5 Å². The number of aromatic carboxylic acids is 1. The quantitative estimate of drug-likeness (QED) is 0.734. The van der Waals surface area contributed by atoms with Crippen LogP contribution in [0, 0.1) is 12.3 Å². The molecule has 19 heavy (non-hydrogen) atoms. The number of benzene rings is 1. The van der Waals surface area contributed by atoms with Gasteiger partial charge in [0.15, 0.2) is 9.84 Å². The van der Waals surface area contributed by atoms with Gasteiger partial charge in [-0.2, -0.15) is 0 Å². The molecule has 0 saturated heterocycles. The van der Waals surface area contributed by atoms with Gasteiger partial charge >= 0.3 is 5.97 Å². The topological polar surface area (TPSA) is 101 Å². The van der Waals surface area contributed by atoms with Crippen molar-refractivity contribution in [2.24, 2.45) is 0 Å². The summed E-state index contributed by atoms with van der Waals surface area (Å²) >= 11 is 0. The summed E-state index contributed by atoms with van der Waals surface area (Å²) in [7, 11) is -3.81. The predicted octanol–water partition coefficient (Wildman–Crippen LogP) is -0.0921. The van der Waals surface area contributed by atoms with Gasteiger partial charge in [0.1, 0.15) is 5.75 Å². The molecule has 0 aliphatic carbocycles. The Bertz CT molecular complexity index is 625. The minimum Gasteiger partial charge on any atom is -0.478 e. The van der Waals surface area contributed by atoms with E-state index in [0.717, 1.165) is 24.3 Å². The number of terminal acetylenes is 1. The fourth-order valence-electron chi connectivity index (χ4n) is 1.26. The van der Waals surface area contributed by atoms with Crippen molar-refractivity contribution in [1.29, 1.82) is 0 Å². The SMILES string of the molecule is C#CCNC(=O)CS(=O)(=O)c1ccc(C(=O)O)cc1. The first-order valence-electron chi connectivity index (χ1n) is 5.13. The molecule has 6 nitrogen and oxygen atoms in total. The third kappa shape index (κ3) is 4.12. The summed E-state index contributed by atoms with van der Waals surface area (Å²) in [6.45, 7) is -0.0493. The summed E-state index contributed by atoms with van der Waals surface area (Å²) in [6.07, 6.45) is 4.93. The molecule has 7 heteroatoms. The number of nitrogens with one attached hydrogen (secondary N) is 1. The Kier molecular flexibility index (Phi) is 4.67. The number of hydrogen-bond acceptors (Lipinski definition) is 4. The summed E-state index contributed by atoms with van der Waals surface area (Å²) in [5.74, 6) is -0.448. The second-order valence-electron chi connectivity index (χ2n) is 3.57. The smallest absolute Gasteiger partial charge is 0.335 e. The van der Waals surface area contributed by atoms with E-state index in [1.165, 1.54) is 0 Å². The zero-order valence-corrected chi connectivity index (χ0v) is 10.6. The van der Waals surface area contributed by atoms with Crippen molar-refractivity contribution in [3.05, 3.63) is 29.8 Å². The minimum atomic E-state index is -3.81. The molecule has 0 aliphatic heterocycles. The highest BCUT2D eigenvalue weighted by Crippen LogP contribution is 2.12. The van der Waals surface area contributed by atoms with E-state index in [9.17, 15) is 18.0 Å². The van der Waals surface area contributed by atoms with E-state index in [-0.39, 0.29) is 17.0 Å². The highest BCUT2D eigenvalue weighted by Gasteiger charge is 2.19. The zero-order chi connectivity index (χ0) is 14.5. The van der Waals surface area contributed by atoms with Gasteiger partial charge in [0.25, 0.3) is 0 Å². The van der Waals surface area contributed by atoms with Crippen LogP contribution in [0.3, 0.4) is 0 Å². The number of carbonyl (C=O) groups is 2. The fraction of sp³-hybridized carbons (Fsp3) is 0.167. The Labute approximate surface area is 110 Å². The Morgan fingerprint density at radius 2 is 1.84 bits per heavy atom. The van der Waals surface area contributed by atoms with Crippen LogP contribution >= 0.6 is 0 Å². The van der Waals surface area contributed by atoms with Crippen molar-refractivity contribution in [1.82, 2.24) is 5.32 Å². The number of rotatable bonds is 5. The van der Waals surface area contributed by atoms with Gasteiger partial charge in [0, 0.05) is 0 Å². The normalized spacial score (nSPS) is 10.5. The second-order valence-corrected chi connectivity index (χ2v) is 5.56. The van der Waals surface area contributed by atoms with Gasteiger partial charge in [-0.05, 0) is 24.3 Å². The molecule has 0 fully saturated rings. The third-order valence-corrected chi connectivity index (χ3v) is 3.80. The maximum atomic E-state index is 11.8. The summed E-state index contributed by atoms with van der Waals surface area (Å²) in [5.41, 5.74) is -0.0317. The van der Waals surface area contributed by atoms with Gasteiger partial charge in [0.2, 0.25) is 5.91 Å². The standard InChI is InChI=1S/C12H11NO5S/c1-2-7-13-11(14)8-19(17,18)10-5-3-9(4-6-10)12(15)16/h1,3-6H,7-8H2,(H,13,14)(H,15,16). The molecule has 0 radical (unpaired) electrons. The molecule has 1 aromatic carbocycles. The first kappa shape index (κ1) is 14.7. The largest absolute Gasteiger partial charge is 0.478 e. The van der Waals surface area contributed by atoms with E-state index in [1.54, 1.807) is 0 Å². The molecule has 0 heterocycles. The van der Waals surface area contributed by atoms with Crippen molar-refractivity contribution in [3.8, 4) is 12.3 Å². The molecular formula is C12H11NO5S. The molecule has 1 aromatic rings. The lowest BCUT2D eigenvalue weighted by molar-refractivity contribution is -0.118. The second kappa shape index (κ2) is 6.02. The Balaban J connectivity index is 2.86. The van der Waals surface area contributed by atoms with Crippen molar-refractivity contribution >= 4 is 21.7 Å². The molecule has 0 unspecified atom stereocenters. The highest BCUT2D eigenvalue weighted by molar-refractivity contribution is 7.92. The maximum Gasteiger partial charge on any atom is 0.335 e. The van der Waals surface area contributed by atoms with Gasteiger partial charge in [-0.1, -0.05) is 5.92 Å². The van der Waals surface area contributed by atoms with Crippen molar-refractivity contribution in [3.63, 3.8) is 0 Å². The number of amides is 1. The summed E-state index contributed by atoms with van der Waals surface area (Å²) in [4.78, 5) is 21.8. The number of sulfone groups is 1. The summed E-state index contributed by atoms with van der Waals surface area (Å²) in [5, 5.41) is 10.9. The van der Waals surface area contributed by atoms with Gasteiger partial charge in [-0.15, -0.1) is 6.42 Å². The molecule has 0 aromatic heterocycles. The molecule has 1 rings (SSSR count). The van der Waals surface area contributed by atoms with E-state index >= 15 is 0 Å². The monoisotopic (exact) mass is 281 g/mol. The Morgan fingerprint density at radius 3 is 2.32 bits per heavy atom. The number of hydrogen-bond donors (Lipinski definition) is 2. The molecule has 1 amide bonds. The fourth-order valence-corrected chi connectivity index (χ4v) is 2.43. The summed E-state index contributed by atoms with van der Waals surface area (Å²) in [6, 6.07) is 4.61. The van der Waals surface area contributed by atoms with Crippen LogP contribution in [0.25, 0.3) is 0 Å². The number of carboxylic acid groups (broad SMARTS) is 1. The molecule has 2 N–H and O–H groups in total. The molecule has 0 bridgehead atoms. The molecule has 0 atom stereocenters. The lowest BCUT2D eigenvalue weighted by atomic mass is 10.2. The van der Waals surface area contributed by atoms with Crippen LogP contribution in [0.15, 0.2) is 29.2 Å². The van der Waals surface area contributed by atoms with Crippen molar-refractivity contribution in [2.45, 2.75) is 4.90 Å². The highest BCUT2D eigenvalue weighted by atomic mass is 32.2. The van der Waals surface area contributed by atoms with Crippen LogP contribution in [0.5, 0.6) is 0 Å². The molecule has 0 saturated carbocycles. The van der Waals surface area contributed by atoms with Gasteiger partial charge in [-0.3, -0.25) is 4.79 Å². The molecule has 100 valence electrons. The van der Waals surface area contributed by atoms with E-state index in [0.29, 0.717) is 0 Å². The van der Waals surface area contributed by atoms with E-state index in [4.69, 9.17) is 11.5 Å². The van der Waals surface area contributed by atoms with Crippen LogP contribution in [-0.2, 0) is 14.6 Å². The van der Waals surface area contributed by atoms with Crippen molar-refractivity contribution in [2.75, 3.05) is 12.3 Å². The van der Waals surface area contributed by atoms with Gasteiger partial charge in [0.05, 0.1) is 17.0 Å².